The number of benzene rings is 2. The number of amidine groups is 1. The third kappa shape index (κ3) is 6.75. The van der Waals surface area contributed by atoms with Gasteiger partial charge in [0, 0.05) is 86.3 Å². The molecule has 4 aliphatic heterocycles. The Bertz CT molecular complexity index is 2200. The molecule has 2 aromatic heterocycles. The molecule has 0 radical (unpaired) electrons. The van der Waals surface area contributed by atoms with Crippen molar-refractivity contribution in [1.29, 1.82) is 0 Å². The van der Waals surface area contributed by atoms with Gasteiger partial charge in [0.2, 0.25) is 5.91 Å². The van der Waals surface area contributed by atoms with Crippen LogP contribution in [0.4, 0.5) is 25.7 Å². The van der Waals surface area contributed by atoms with E-state index < -0.39 is 6.97 Å². The highest BCUT2D eigenvalue weighted by Gasteiger charge is 2.52. The summed E-state index contributed by atoms with van der Waals surface area (Å²) in [7, 11) is 2.12. The zero-order valence-electron chi connectivity index (χ0n) is 29.4. The van der Waals surface area contributed by atoms with Crippen LogP contribution >= 0.6 is 11.6 Å². The lowest BCUT2D eigenvalue weighted by Crippen LogP contribution is -2.51. The molecule has 1 saturated heterocycles. The van der Waals surface area contributed by atoms with Gasteiger partial charge in [-0.2, -0.15) is 0 Å². The van der Waals surface area contributed by atoms with Gasteiger partial charge in [-0.25, -0.2) is 4.99 Å². The molecule has 0 bridgehead atoms. The highest BCUT2D eigenvalue weighted by molar-refractivity contribution is 6.58. The minimum atomic E-state index is -4.18. The monoisotopic (exact) mass is 736 g/mol. The van der Waals surface area contributed by atoms with Gasteiger partial charge in [0.25, 0.3) is 0 Å². The molecule has 0 spiro atoms. The lowest BCUT2D eigenvalue weighted by Gasteiger charge is -2.35. The molecule has 4 aromatic rings. The number of likely N-dealkylation sites (N-methyl/N-ethyl adjacent to an activating group) is 1. The number of nitrogens with zero attached hydrogens (tertiary/aromatic N) is 6. The number of anilines is 2. The fourth-order valence-electron chi connectivity index (χ4n) is 7.66. The number of hydrogen-bond acceptors (Lipinski definition) is 6. The number of halogens is 3. The molecule has 0 unspecified atom stereocenters. The maximum atomic E-state index is 16.1. The number of H-pyrrole nitrogens is 1. The number of hydrogen-bond donors (Lipinski definition) is 2. The predicted molar refractivity (Wildman–Crippen MR) is 206 cm³/mol. The average Bonchev–Trinajstić information content (AvgIpc) is 3.91. The maximum absolute atomic E-state index is 16.1. The molecule has 0 aliphatic carbocycles. The van der Waals surface area contributed by atoms with E-state index in [1.165, 1.54) is 0 Å². The van der Waals surface area contributed by atoms with Crippen LogP contribution in [0.5, 0.6) is 0 Å². The zero-order chi connectivity index (χ0) is 36.7. The normalized spacial score (nSPS) is 17.4. The Morgan fingerprint density at radius 1 is 0.981 bits per heavy atom. The number of carbonyl (C=O) groups is 2. The molecular weight excluding hydrogens is 697 g/mol. The summed E-state index contributed by atoms with van der Waals surface area (Å²) in [4.78, 5) is 41.1. The number of para-hydroxylation sites is 1. The Balaban J connectivity index is 0.889. The second-order valence-electron chi connectivity index (χ2n) is 13.9. The standard InChI is InChI=1S/C39H40BClF2N8O2/c1-47-20-22-48(23-21-47)39-32-7-2-3-9-35(32)49(36-15-10-27(41)24-34(36)46-39)26-31(52)6-4-19-45-38(53)17-14-28-11-12-29-25-30-13-16-37(33-8-5-18-44-33)51(30)40(42,43)50(28)29/h2-3,5,7-13,15-16,18,24-25,44H,4,6,14,17,19-23,26H2,1H3,(H,45,53). The van der Waals surface area contributed by atoms with E-state index in [0.29, 0.717) is 52.2 Å². The quantitative estimate of drug-likeness (QED) is 0.154. The van der Waals surface area contributed by atoms with Gasteiger partial charge in [-0.3, -0.25) is 9.59 Å². The van der Waals surface area contributed by atoms with Crippen molar-refractivity contribution >= 4 is 64.9 Å². The van der Waals surface area contributed by atoms with Crippen LogP contribution in [0, 0.1) is 0 Å². The summed E-state index contributed by atoms with van der Waals surface area (Å²) >= 11 is 6.44. The summed E-state index contributed by atoms with van der Waals surface area (Å²) in [5.41, 5.74) is 5.62. The molecule has 0 saturated carbocycles. The van der Waals surface area contributed by atoms with Crippen molar-refractivity contribution in [1.82, 2.24) is 24.6 Å². The summed E-state index contributed by atoms with van der Waals surface area (Å²) in [5, 5.41) is 3.45. The van der Waals surface area contributed by atoms with Gasteiger partial charge < -0.3 is 42.6 Å². The lowest BCUT2D eigenvalue weighted by molar-refractivity contribution is -0.360. The van der Waals surface area contributed by atoms with Crippen LogP contribution in [-0.2, 0) is 16.0 Å². The van der Waals surface area contributed by atoms with Crippen molar-refractivity contribution in [2.45, 2.75) is 25.7 Å². The Kier molecular flexibility index (Phi) is 9.38. The van der Waals surface area contributed by atoms with Crippen molar-refractivity contribution in [2.75, 3.05) is 51.2 Å². The van der Waals surface area contributed by atoms with Crippen molar-refractivity contribution in [3.8, 4) is 0 Å². The summed E-state index contributed by atoms with van der Waals surface area (Å²) in [5.74, 6) is 0.633. The number of carbonyl (C=O) groups excluding carboxylic acids is 2. The first-order valence-corrected chi connectivity index (χ1v) is 18.4. The van der Waals surface area contributed by atoms with Crippen LogP contribution in [-0.4, -0.2) is 100 Å². The van der Waals surface area contributed by atoms with Crippen LogP contribution in [0.2, 0.25) is 5.02 Å². The Morgan fingerprint density at radius 3 is 2.62 bits per heavy atom. The fourth-order valence-corrected chi connectivity index (χ4v) is 7.82. The molecule has 53 heavy (non-hydrogen) atoms. The van der Waals surface area contributed by atoms with Gasteiger partial charge in [-0.05, 0) is 80.2 Å². The third-order valence-electron chi connectivity index (χ3n) is 10.4. The average molecular weight is 737 g/mol. The van der Waals surface area contributed by atoms with Gasteiger partial charge in [-0.1, -0.05) is 23.7 Å². The van der Waals surface area contributed by atoms with Gasteiger partial charge in [0.05, 0.1) is 23.6 Å². The smallest absolute Gasteiger partial charge is 0.394 e. The van der Waals surface area contributed by atoms with Crippen molar-refractivity contribution < 1.29 is 22.7 Å². The Hall–Kier alpha value is -5.27. The minimum absolute atomic E-state index is 0.0154. The van der Waals surface area contributed by atoms with Gasteiger partial charge >= 0.3 is 6.97 Å². The van der Waals surface area contributed by atoms with E-state index in [1.807, 2.05) is 41.3 Å². The molecule has 10 nitrogen and oxygen atoms in total. The summed E-state index contributed by atoms with van der Waals surface area (Å²) in [6.07, 6.45) is 7.74. The molecule has 6 heterocycles. The number of aromatic amines is 1. The van der Waals surface area contributed by atoms with Crippen LogP contribution in [0.25, 0.3) is 6.08 Å². The number of Topliss-reactive ketones (excluding diaryl/α,β-unsaturated/α-hetero) is 1. The van der Waals surface area contributed by atoms with Crippen LogP contribution in [0.1, 0.15) is 41.9 Å². The summed E-state index contributed by atoms with van der Waals surface area (Å²) in [6, 6.07) is 20.5. The Labute approximate surface area is 311 Å². The summed E-state index contributed by atoms with van der Waals surface area (Å²) < 4.78 is 34.4. The number of aromatic nitrogens is 2. The fraction of sp³-hybridized carbons (Fsp3) is 0.282. The number of aryl methyl sites for hydroxylation is 1. The molecule has 4 aliphatic rings. The third-order valence-corrected chi connectivity index (χ3v) is 10.6. The number of ketones is 1. The highest BCUT2D eigenvalue weighted by atomic mass is 35.5. The van der Waals surface area contributed by atoms with E-state index in [-0.39, 0.29) is 37.5 Å². The van der Waals surface area contributed by atoms with E-state index >= 15 is 8.63 Å². The number of aliphatic imine (C=N–C) groups is 1. The topological polar surface area (TPSA) is 92.0 Å². The van der Waals surface area contributed by atoms with Crippen LogP contribution in [0.3, 0.4) is 0 Å². The molecule has 0 atom stereocenters. The first-order chi connectivity index (χ1) is 25.7. The molecule has 2 N–H and O–H groups in total. The molecule has 1 amide bonds. The number of rotatable bonds is 10. The van der Waals surface area contributed by atoms with Crippen LogP contribution in [0.15, 0.2) is 95.8 Å². The predicted octanol–water partition coefficient (Wildman–Crippen LogP) is 5.99. The first kappa shape index (κ1) is 34.8. The molecule has 1 fully saturated rings. The number of fused-ring (bicyclic) bond motifs is 4. The summed E-state index contributed by atoms with van der Waals surface area (Å²) in [6.45, 7) is -0.211. The number of amides is 1. The zero-order valence-corrected chi connectivity index (χ0v) is 30.2. The number of piperazine rings is 1. The first-order valence-electron chi connectivity index (χ1n) is 18.1. The highest BCUT2D eigenvalue weighted by Crippen LogP contribution is 2.41. The van der Waals surface area contributed by atoms with Crippen molar-refractivity contribution in [3.63, 3.8) is 0 Å². The van der Waals surface area contributed by atoms with E-state index in [2.05, 4.69) is 33.2 Å². The minimum Gasteiger partial charge on any atom is -0.394 e. The van der Waals surface area contributed by atoms with E-state index in [4.69, 9.17) is 16.6 Å². The second-order valence-corrected chi connectivity index (χ2v) is 14.3. The van der Waals surface area contributed by atoms with Gasteiger partial charge in [-0.15, -0.1) is 0 Å². The molecule has 272 valence electrons. The molecule has 14 heteroatoms. The van der Waals surface area contributed by atoms with Gasteiger partial charge in [0.1, 0.15) is 11.5 Å². The van der Waals surface area contributed by atoms with Gasteiger partial charge in [0.15, 0.2) is 17.2 Å². The van der Waals surface area contributed by atoms with E-state index in [9.17, 15) is 9.59 Å². The number of allylic oxidation sites excluding steroid dienone is 2. The second kappa shape index (κ2) is 14.3. The Morgan fingerprint density at radius 2 is 1.81 bits per heavy atom. The van der Waals surface area contributed by atoms with Crippen LogP contribution < -0.4 is 10.2 Å². The largest absolute Gasteiger partial charge is 0.737 e. The molecular formula is C39H40BClF2N8O2. The molecule has 8 rings (SSSR count). The SMILES string of the molecule is CN1CCN(C2=Nc3cc(Cl)ccc3N(CC(=O)CCCNC(=O)CCc3ccc4n3[B-](F)(F)[N+]3=C(c5ccc[nH]5)C=CC3=C4)c3ccccc32)CC1. The lowest BCUT2D eigenvalue weighted by atomic mass is 9.90. The molecule has 2 aromatic carbocycles. The van der Waals surface area contributed by atoms with E-state index in [0.717, 1.165) is 57.9 Å². The van der Waals surface area contributed by atoms with Crippen molar-refractivity contribution in [3.05, 3.63) is 118 Å². The van der Waals surface area contributed by atoms with E-state index in [1.54, 1.807) is 48.7 Å². The van der Waals surface area contributed by atoms with Crippen molar-refractivity contribution in [2.24, 2.45) is 4.99 Å². The maximum Gasteiger partial charge on any atom is 0.737 e. The number of nitrogens with one attached hydrogen (secondary N) is 2.